The van der Waals surface area contributed by atoms with Crippen LogP contribution in [0.3, 0.4) is 0 Å². The van der Waals surface area contributed by atoms with Crippen LogP contribution in [0.2, 0.25) is 0 Å². The first kappa shape index (κ1) is 13.0. The lowest BCUT2D eigenvalue weighted by atomic mass is 10.2. The number of ether oxygens (including phenoxy) is 1. The minimum absolute atomic E-state index is 0.223. The van der Waals surface area contributed by atoms with Crippen molar-refractivity contribution < 1.29 is 14.6 Å². The fraction of sp³-hybridized carbons (Fsp3) is 0.214. The molecule has 98 valence electrons. The Morgan fingerprint density at radius 1 is 1.26 bits per heavy atom. The lowest BCUT2D eigenvalue weighted by Gasteiger charge is -2.07. The molecular formula is C14H14N2O3. The Balaban J connectivity index is 2.21. The van der Waals surface area contributed by atoms with E-state index < -0.39 is 5.97 Å². The zero-order chi connectivity index (χ0) is 13.8. The van der Waals surface area contributed by atoms with E-state index in [9.17, 15) is 4.79 Å². The third-order valence-electron chi connectivity index (χ3n) is 2.52. The summed E-state index contributed by atoms with van der Waals surface area (Å²) in [6.45, 7) is 3.85. The van der Waals surface area contributed by atoms with Gasteiger partial charge in [-0.25, -0.2) is 9.78 Å². The van der Waals surface area contributed by atoms with Crippen LogP contribution in [-0.2, 0) is 6.42 Å². The molecule has 0 spiro atoms. The lowest BCUT2D eigenvalue weighted by Crippen LogP contribution is -1.99. The van der Waals surface area contributed by atoms with Gasteiger partial charge in [0.15, 0.2) is 0 Å². The number of aromatic carboxylic acids is 1. The van der Waals surface area contributed by atoms with E-state index in [-0.39, 0.29) is 5.56 Å². The summed E-state index contributed by atoms with van der Waals surface area (Å²) < 4.78 is 5.59. The SMILES string of the molecule is CCc1nc(C)cc(Oc2ccc(C(=O)O)cc2)n1. The molecule has 0 fully saturated rings. The van der Waals surface area contributed by atoms with Gasteiger partial charge >= 0.3 is 5.97 Å². The molecule has 0 unspecified atom stereocenters. The molecule has 0 radical (unpaired) electrons. The summed E-state index contributed by atoms with van der Waals surface area (Å²) >= 11 is 0. The maximum Gasteiger partial charge on any atom is 0.335 e. The molecule has 1 heterocycles. The standard InChI is InChI=1S/C14H14N2O3/c1-3-12-15-9(2)8-13(16-12)19-11-6-4-10(5-7-11)14(17)18/h4-8H,3H2,1-2H3,(H,17,18). The van der Waals surface area contributed by atoms with Gasteiger partial charge in [-0.1, -0.05) is 6.92 Å². The Morgan fingerprint density at radius 3 is 2.53 bits per heavy atom. The molecule has 5 heteroatoms. The second-order valence-corrected chi connectivity index (χ2v) is 4.05. The molecule has 0 atom stereocenters. The van der Waals surface area contributed by atoms with Gasteiger partial charge in [-0.05, 0) is 31.2 Å². The van der Waals surface area contributed by atoms with Crippen LogP contribution in [0.25, 0.3) is 0 Å². The van der Waals surface area contributed by atoms with Crippen LogP contribution < -0.4 is 4.74 Å². The Morgan fingerprint density at radius 2 is 1.95 bits per heavy atom. The maximum absolute atomic E-state index is 10.7. The molecule has 0 aliphatic heterocycles. The first-order valence-electron chi connectivity index (χ1n) is 5.94. The van der Waals surface area contributed by atoms with Gasteiger partial charge in [0.2, 0.25) is 5.88 Å². The van der Waals surface area contributed by atoms with Crippen molar-refractivity contribution in [1.82, 2.24) is 9.97 Å². The summed E-state index contributed by atoms with van der Waals surface area (Å²) in [6.07, 6.45) is 0.732. The predicted molar refractivity (Wildman–Crippen MR) is 69.6 cm³/mol. The molecule has 0 amide bonds. The summed E-state index contributed by atoms with van der Waals surface area (Å²) in [7, 11) is 0. The van der Waals surface area contributed by atoms with Gasteiger partial charge in [-0.2, -0.15) is 4.98 Å². The second-order valence-electron chi connectivity index (χ2n) is 4.05. The van der Waals surface area contributed by atoms with Crippen molar-refractivity contribution in [2.75, 3.05) is 0 Å². The Kier molecular flexibility index (Phi) is 3.75. The largest absolute Gasteiger partial charge is 0.478 e. The number of carboxylic acid groups (broad SMARTS) is 1. The number of hydrogen-bond donors (Lipinski definition) is 1. The number of carbonyl (C=O) groups is 1. The first-order chi connectivity index (χ1) is 9.08. The van der Waals surface area contributed by atoms with Gasteiger partial charge < -0.3 is 9.84 Å². The molecule has 19 heavy (non-hydrogen) atoms. The highest BCUT2D eigenvalue weighted by molar-refractivity contribution is 5.87. The number of benzene rings is 1. The Bertz CT molecular complexity index is 594. The van der Waals surface area contributed by atoms with Crippen LogP contribution in [0, 0.1) is 6.92 Å². The summed E-state index contributed by atoms with van der Waals surface area (Å²) in [5, 5.41) is 8.81. The summed E-state index contributed by atoms with van der Waals surface area (Å²) in [4.78, 5) is 19.3. The molecular weight excluding hydrogens is 244 g/mol. The number of aromatic nitrogens is 2. The number of rotatable bonds is 4. The molecule has 0 aliphatic rings. The molecule has 1 aromatic carbocycles. The van der Waals surface area contributed by atoms with Gasteiger partial charge in [0, 0.05) is 18.2 Å². The maximum atomic E-state index is 10.7. The van der Waals surface area contributed by atoms with E-state index in [0.717, 1.165) is 17.9 Å². The van der Waals surface area contributed by atoms with Crippen LogP contribution >= 0.6 is 0 Å². The van der Waals surface area contributed by atoms with Crippen molar-refractivity contribution in [2.45, 2.75) is 20.3 Å². The summed E-state index contributed by atoms with van der Waals surface area (Å²) in [5.41, 5.74) is 1.06. The van der Waals surface area contributed by atoms with Gasteiger partial charge in [-0.3, -0.25) is 0 Å². The molecule has 1 aromatic heterocycles. The molecule has 0 saturated carbocycles. The highest BCUT2D eigenvalue weighted by Gasteiger charge is 2.05. The van der Waals surface area contributed by atoms with Crippen LogP contribution in [0.1, 0.15) is 28.8 Å². The Labute approximate surface area is 110 Å². The average Bonchev–Trinajstić information content (AvgIpc) is 2.38. The number of aryl methyl sites for hydroxylation is 2. The molecule has 2 aromatic rings. The van der Waals surface area contributed by atoms with Crippen molar-refractivity contribution >= 4 is 5.97 Å². The van der Waals surface area contributed by atoms with E-state index >= 15 is 0 Å². The summed E-state index contributed by atoms with van der Waals surface area (Å²) in [5.74, 6) is 0.771. The number of hydrogen-bond acceptors (Lipinski definition) is 4. The van der Waals surface area contributed by atoms with E-state index in [1.54, 1.807) is 18.2 Å². The minimum Gasteiger partial charge on any atom is -0.478 e. The van der Waals surface area contributed by atoms with Crippen molar-refractivity contribution in [3.05, 3.63) is 47.4 Å². The van der Waals surface area contributed by atoms with Crippen molar-refractivity contribution in [2.24, 2.45) is 0 Å². The van der Waals surface area contributed by atoms with Gasteiger partial charge in [0.1, 0.15) is 11.6 Å². The van der Waals surface area contributed by atoms with Gasteiger partial charge in [0.05, 0.1) is 5.56 Å². The first-order valence-corrected chi connectivity index (χ1v) is 5.94. The third-order valence-corrected chi connectivity index (χ3v) is 2.52. The molecule has 2 rings (SSSR count). The second kappa shape index (κ2) is 5.48. The lowest BCUT2D eigenvalue weighted by molar-refractivity contribution is 0.0697. The molecule has 0 saturated heterocycles. The number of nitrogens with zero attached hydrogens (tertiary/aromatic N) is 2. The van der Waals surface area contributed by atoms with Crippen molar-refractivity contribution in [1.29, 1.82) is 0 Å². The van der Waals surface area contributed by atoms with E-state index in [2.05, 4.69) is 9.97 Å². The molecule has 0 bridgehead atoms. The van der Waals surface area contributed by atoms with E-state index in [4.69, 9.17) is 9.84 Å². The van der Waals surface area contributed by atoms with Crippen LogP contribution in [0.5, 0.6) is 11.6 Å². The van der Waals surface area contributed by atoms with Gasteiger partial charge in [0.25, 0.3) is 0 Å². The van der Waals surface area contributed by atoms with E-state index in [0.29, 0.717) is 11.6 Å². The van der Waals surface area contributed by atoms with E-state index in [1.807, 2.05) is 13.8 Å². The fourth-order valence-electron chi connectivity index (χ4n) is 1.60. The predicted octanol–water partition coefficient (Wildman–Crippen LogP) is 2.84. The molecule has 5 nitrogen and oxygen atoms in total. The fourth-order valence-corrected chi connectivity index (χ4v) is 1.60. The zero-order valence-corrected chi connectivity index (χ0v) is 10.8. The van der Waals surface area contributed by atoms with Crippen molar-refractivity contribution in [3.63, 3.8) is 0 Å². The van der Waals surface area contributed by atoms with E-state index in [1.165, 1.54) is 12.1 Å². The van der Waals surface area contributed by atoms with Crippen LogP contribution in [-0.4, -0.2) is 21.0 Å². The van der Waals surface area contributed by atoms with Crippen LogP contribution in [0.4, 0.5) is 0 Å². The van der Waals surface area contributed by atoms with Gasteiger partial charge in [-0.15, -0.1) is 0 Å². The van der Waals surface area contributed by atoms with Crippen molar-refractivity contribution in [3.8, 4) is 11.6 Å². The topological polar surface area (TPSA) is 72.3 Å². The average molecular weight is 258 g/mol. The monoisotopic (exact) mass is 258 g/mol. The molecule has 1 N–H and O–H groups in total. The Hall–Kier alpha value is -2.43. The minimum atomic E-state index is -0.960. The quantitative estimate of drug-likeness (QED) is 0.912. The third kappa shape index (κ3) is 3.28. The van der Waals surface area contributed by atoms with Crippen LogP contribution in [0.15, 0.2) is 30.3 Å². The number of carboxylic acids is 1. The summed E-state index contributed by atoms with van der Waals surface area (Å²) in [6, 6.07) is 7.93. The highest BCUT2D eigenvalue weighted by Crippen LogP contribution is 2.20. The zero-order valence-electron chi connectivity index (χ0n) is 10.8. The normalized spacial score (nSPS) is 10.2. The molecule has 0 aliphatic carbocycles. The smallest absolute Gasteiger partial charge is 0.335 e. The highest BCUT2D eigenvalue weighted by atomic mass is 16.5.